The smallest absolute Gasteiger partial charge is 0.399 e. The lowest BCUT2D eigenvalue weighted by atomic mass is 9.77. The maximum Gasteiger partial charge on any atom is 0.494 e. The first-order valence-corrected chi connectivity index (χ1v) is 10.6. The lowest BCUT2D eigenvalue weighted by Crippen LogP contribution is -2.41. The second kappa shape index (κ2) is 10.5. The van der Waals surface area contributed by atoms with Gasteiger partial charge in [-0.3, -0.25) is 4.57 Å². The molecule has 144 valence electrons. The van der Waals surface area contributed by atoms with Crippen molar-refractivity contribution in [2.75, 3.05) is 19.9 Å². The van der Waals surface area contributed by atoms with E-state index in [9.17, 15) is 4.57 Å². The van der Waals surface area contributed by atoms with Gasteiger partial charge in [-0.25, -0.2) is 0 Å². The molecule has 0 unspecified atom stereocenters. The zero-order valence-corrected chi connectivity index (χ0v) is 17.9. The van der Waals surface area contributed by atoms with Gasteiger partial charge < -0.3 is 18.4 Å². The molecule has 1 fully saturated rings. The van der Waals surface area contributed by atoms with Gasteiger partial charge in [0.1, 0.15) is 0 Å². The summed E-state index contributed by atoms with van der Waals surface area (Å²) in [6.07, 6.45) is 7.63. The standard InChI is InChI=1S/C13H21BO2.C5H13O3P/c1-7-9-11(10-8-2)14-15-12(3,4)13(5,6)16-14;1-4-7-9(3,6)8-5-2/h7-10H,1H2,2-6H3;4-5H2,1-3H3/b10-8-,11-9+;. The Kier molecular flexibility index (Phi) is 10.2. The zero-order chi connectivity index (χ0) is 19.7. The molecule has 1 aliphatic rings. The zero-order valence-electron chi connectivity index (χ0n) is 17.0. The van der Waals surface area contributed by atoms with E-state index in [1.165, 1.54) is 6.66 Å². The molecule has 0 aromatic rings. The van der Waals surface area contributed by atoms with Crippen LogP contribution < -0.4 is 0 Å². The molecule has 0 amide bonds. The van der Waals surface area contributed by atoms with Gasteiger partial charge in [-0.2, -0.15) is 0 Å². The molecule has 0 aliphatic carbocycles. The SMILES string of the molecule is C=C/C=C(\C=C/C)B1OC(C)(C)C(C)(C)O1.CCOP(C)(=O)OCC. The fourth-order valence-electron chi connectivity index (χ4n) is 2.03. The second-order valence-electron chi connectivity index (χ2n) is 6.60. The molecule has 0 aromatic carbocycles. The van der Waals surface area contributed by atoms with E-state index >= 15 is 0 Å². The van der Waals surface area contributed by atoms with Crippen molar-refractivity contribution in [3.8, 4) is 0 Å². The third-order valence-corrected chi connectivity index (χ3v) is 5.38. The molecule has 1 rings (SSSR count). The quantitative estimate of drug-likeness (QED) is 0.350. The molecule has 0 bridgehead atoms. The molecular formula is C18H34BO5P. The Bertz CT molecular complexity index is 500. The summed E-state index contributed by atoms with van der Waals surface area (Å²) in [4.78, 5) is 0. The van der Waals surface area contributed by atoms with E-state index in [0.29, 0.717) is 13.2 Å². The summed E-state index contributed by atoms with van der Waals surface area (Å²) < 4.78 is 32.5. The average molecular weight is 372 g/mol. The lowest BCUT2D eigenvalue weighted by molar-refractivity contribution is 0.00578. The fraction of sp³-hybridized carbons (Fsp3) is 0.667. The van der Waals surface area contributed by atoms with E-state index in [-0.39, 0.29) is 18.3 Å². The maximum atomic E-state index is 11.0. The Morgan fingerprint density at radius 1 is 1.12 bits per heavy atom. The van der Waals surface area contributed by atoms with E-state index in [0.717, 1.165) is 5.47 Å². The van der Waals surface area contributed by atoms with Crippen LogP contribution in [0.1, 0.15) is 48.5 Å². The molecule has 0 aromatic heterocycles. The normalized spacial score (nSPS) is 19.7. The first-order valence-electron chi connectivity index (χ1n) is 8.63. The molecule has 0 atom stereocenters. The number of rotatable bonds is 7. The van der Waals surface area contributed by atoms with E-state index in [2.05, 4.69) is 6.58 Å². The highest BCUT2D eigenvalue weighted by molar-refractivity contribution is 7.52. The lowest BCUT2D eigenvalue weighted by Gasteiger charge is -2.32. The molecule has 5 nitrogen and oxygen atoms in total. The fourth-order valence-corrected chi connectivity index (χ4v) is 3.04. The van der Waals surface area contributed by atoms with Gasteiger partial charge in [0.05, 0.1) is 24.4 Å². The summed E-state index contributed by atoms with van der Waals surface area (Å²) in [5.74, 6) is 0. The van der Waals surface area contributed by atoms with E-state index in [1.54, 1.807) is 19.9 Å². The van der Waals surface area contributed by atoms with Gasteiger partial charge >= 0.3 is 14.7 Å². The van der Waals surface area contributed by atoms with Crippen molar-refractivity contribution in [2.24, 2.45) is 0 Å². The minimum absolute atomic E-state index is 0.292. The molecular weight excluding hydrogens is 338 g/mol. The number of hydrogen-bond donors (Lipinski definition) is 0. The molecule has 7 heteroatoms. The minimum Gasteiger partial charge on any atom is -0.399 e. The van der Waals surface area contributed by atoms with Crippen molar-refractivity contribution < 1.29 is 22.9 Å². The summed E-state index contributed by atoms with van der Waals surface area (Å²) >= 11 is 0. The largest absolute Gasteiger partial charge is 0.494 e. The van der Waals surface area contributed by atoms with Crippen molar-refractivity contribution in [2.45, 2.75) is 59.7 Å². The predicted octanol–water partition coefficient (Wildman–Crippen LogP) is 5.19. The van der Waals surface area contributed by atoms with Crippen molar-refractivity contribution in [3.05, 3.63) is 36.4 Å². The Balaban J connectivity index is 0.000000547. The minimum atomic E-state index is -2.69. The highest BCUT2D eigenvalue weighted by Crippen LogP contribution is 2.43. The highest BCUT2D eigenvalue weighted by atomic mass is 31.2. The van der Waals surface area contributed by atoms with Gasteiger partial charge in [0, 0.05) is 6.66 Å². The van der Waals surface area contributed by atoms with Gasteiger partial charge in [0.15, 0.2) is 0 Å². The molecule has 0 radical (unpaired) electrons. The molecule has 0 spiro atoms. The Morgan fingerprint density at radius 3 is 1.88 bits per heavy atom. The van der Waals surface area contributed by atoms with Crippen LogP contribution in [0.25, 0.3) is 0 Å². The second-order valence-corrected chi connectivity index (χ2v) is 8.66. The summed E-state index contributed by atoms with van der Waals surface area (Å²) in [6.45, 7) is 19.8. The van der Waals surface area contributed by atoms with Crippen molar-refractivity contribution in [1.29, 1.82) is 0 Å². The molecule has 1 aliphatic heterocycles. The summed E-state index contributed by atoms with van der Waals surface area (Å²) in [7, 11) is -3.00. The van der Waals surface area contributed by atoms with E-state index in [1.807, 2.05) is 52.8 Å². The predicted molar refractivity (Wildman–Crippen MR) is 106 cm³/mol. The third-order valence-electron chi connectivity index (χ3n) is 3.92. The van der Waals surface area contributed by atoms with Crippen molar-refractivity contribution in [1.82, 2.24) is 0 Å². The Labute approximate surface area is 154 Å². The third kappa shape index (κ3) is 8.06. The van der Waals surface area contributed by atoms with Gasteiger partial charge in [-0.05, 0) is 53.9 Å². The summed E-state index contributed by atoms with van der Waals surface area (Å²) in [6, 6.07) is 0. The first-order chi connectivity index (χ1) is 11.5. The number of allylic oxidation sites excluding steroid dienone is 5. The molecule has 25 heavy (non-hydrogen) atoms. The van der Waals surface area contributed by atoms with Crippen LogP contribution in [0.5, 0.6) is 0 Å². The maximum absolute atomic E-state index is 11.0. The van der Waals surface area contributed by atoms with Crippen LogP contribution in [-0.2, 0) is 22.9 Å². The topological polar surface area (TPSA) is 54.0 Å². The van der Waals surface area contributed by atoms with Crippen LogP contribution >= 0.6 is 7.60 Å². The Morgan fingerprint density at radius 2 is 1.56 bits per heavy atom. The summed E-state index contributed by atoms with van der Waals surface area (Å²) in [5, 5.41) is 0. The monoisotopic (exact) mass is 372 g/mol. The van der Waals surface area contributed by atoms with Crippen molar-refractivity contribution >= 4 is 14.7 Å². The molecule has 1 heterocycles. The van der Waals surface area contributed by atoms with Crippen LogP contribution in [0, 0.1) is 0 Å². The van der Waals surface area contributed by atoms with Gasteiger partial charge in [-0.1, -0.05) is 30.9 Å². The van der Waals surface area contributed by atoms with Gasteiger partial charge in [0.2, 0.25) is 0 Å². The van der Waals surface area contributed by atoms with Crippen molar-refractivity contribution in [3.63, 3.8) is 0 Å². The van der Waals surface area contributed by atoms with Gasteiger partial charge in [0.25, 0.3) is 0 Å². The van der Waals surface area contributed by atoms with Crippen LogP contribution in [0.4, 0.5) is 0 Å². The average Bonchev–Trinajstić information content (AvgIpc) is 2.67. The highest BCUT2D eigenvalue weighted by Gasteiger charge is 2.51. The summed E-state index contributed by atoms with van der Waals surface area (Å²) in [5.41, 5.74) is 0.412. The number of hydrogen-bond acceptors (Lipinski definition) is 5. The first kappa shape index (κ1) is 24.4. The van der Waals surface area contributed by atoms with Crippen LogP contribution in [0.2, 0.25) is 0 Å². The molecule has 0 saturated carbocycles. The van der Waals surface area contributed by atoms with Crippen LogP contribution in [-0.4, -0.2) is 38.2 Å². The van der Waals surface area contributed by atoms with Crippen LogP contribution in [0.15, 0.2) is 36.4 Å². The molecule has 1 saturated heterocycles. The van der Waals surface area contributed by atoms with Crippen LogP contribution in [0.3, 0.4) is 0 Å². The molecule has 0 N–H and O–H groups in total. The van der Waals surface area contributed by atoms with E-state index < -0.39 is 7.60 Å². The van der Waals surface area contributed by atoms with E-state index in [4.69, 9.17) is 18.4 Å². The van der Waals surface area contributed by atoms with Gasteiger partial charge in [-0.15, -0.1) is 0 Å². The Hall–Kier alpha value is -0.645.